The maximum atomic E-state index is 12.8. The van der Waals surface area contributed by atoms with E-state index in [1.807, 2.05) is 35.2 Å². The van der Waals surface area contributed by atoms with Gasteiger partial charge in [-0.1, -0.05) is 30.3 Å². The highest BCUT2D eigenvalue weighted by molar-refractivity contribution is 5.88. The molecule has 1 N–H and O–H groups in total. The van der Waals surface area contributed by atoms with Crippen LogP contribution in [-0.2, 0) is 20.7 Å². The first-order valence-electron chi connectivity index (χ1n) is 8.96. The van der Waals surface area contributed by atoms with Crippen molar-refractivity contribution in [3.63, 3.8) is 0 Å². The van der Waals surface area contributed by atoms with Gasteiger partial charge in [0.2, 0.25) is 11.8 Å². The zero-order valence-electron chi connectivity index (χ0n) is 14.1. The monoisotopic (exact) mass is 330 g/mol. The average molecular weight is 330 g/mol. The number of amides is 2. The number of benzene rings is 1. The highest BCUT2D eigenvalue weighted by atomic mass is 16.5. The largest absolute Gasteiger partial charge is 0.378 e. The molecule has 5 nitrogen and oxygen atoms in total. The molecular formula is C19H26N2O3. The van der Waals surface area contributed by atoms with E-state index in [1.165, 1.54) is 0 Å². The molecule has 24 heavy (non-hydrogen) atoms. The lowest BCUT2D eigenvalue weighted by molar-refractivity contribution is -0.136. The fourth-order valence-electron chi connectivity index (χ4n) is 3.47. The number of carbonyl (C=O) groups is 2. The Labute approximate surface area is 143 Å². The van der Waals surface area contributed by atoms with E-state index in [0.29, 0.717) is 12.8 Å². The molecule has 130 valence electrons. The molecule has 0 unspecified atom stereocenters. The summed E-state index contributed by atoms with van der Waals surface area (Å²) in [5.74, 6) is -0.0487. The third-order valence-corrected chi connectivity index (χ3v) is 4.77. The fraction of sp³-hybridized carbons (Fsp3) is 0.579. The summed E-state index contributed by atoms with van der Waals surface area (Å²) in [5, 5.41) is 2.96. The summed E-state index contributed by atoms with van der Waals surface area (Å²) in [6.45, 7) is 2.33. The number of ether oxygens (including phenoxy) is 1. The maximum absolute atomic E-state index is 12.8. The Morgan fingerprint density at radius 3 is 2.58 bits per heavy atom. The molecule has 1 aromatic carbocycles. The molecule has 0 bridgehead atoms. The second kappa shape index (κ2) is 8.29. The molecule has 2 fully saturated rings. The van der Waals surface area contributed by atoms with Gasteiger partial charge in [-0.15, -0.1) is 0 Å². The van der Waals surface area contributed by atoms with Gasteiger partial charge in [0.1, 0.15) is 6.04 Å². The van der Waals surface area contributed by atoms with E-state index < -0.39 is 6.04 Å². The molecule has 0 aromatic heterocycles. The number of rotatable bonds is 6. The van der Waals surface area contributed by atoms with Crippen LogP contribution in [0.4, 0.5) is 0 Å². The molecule has 2 heterocycles. The third-order valence-electron chi connectivity index (χ3n) is 4.77. The summed E-state index contributed by atoms with van der Waals surface area (Å²) in [6.07, 6.45) is 4.92. The predicted molar refractivity (Wildman–Crippen MR) is 91.5 cm³/mol. The van der Waals surface area contributed by atoms with Crippen LogP contribution in [0.2, 0.25) is 0 Å². The lowest BCUT2D eigenvalue weighted by Crippen LogP contribution is -2.49. The molecule has 2 atom stereocenters. The molecule has 2 aliphatic heterocycles. The van der Waals surface area contributed by atoms with Gasteiger partial charge in [0.25, 0.3) is 0 Å². The van der Waals surface area contributed by atoms with Crippen molar-refractivity contribution in [3.05, 3.63) is 35.9 Å². The molecule has 0 spiro atoms. The fourth-order valence-corrected chi connectivity index (χ4v) is 3.47. The lowest BCUT2D eigenvalue weighted by atomic mass is 10.0. The Bertz CT molecular complexity index is 549. The van der Waals surface area contributed by atoms with Crippen LogP contribution in [0, 0.1) is 0 Å². The zero-order chi connectivity index (χ0) is 16.8. The van der Waals surface area contributed by atoms with Gasteiger partial charge in [-0.05, 0) is 31.2 Å². The van der Waals surface area contributed by atoms with Gasteiger partial charge in [-0.2, -0.15) is 0 Å². The predicted octanol–water partition coefficient (Wildman–Crippen LogP) is 1.91. The van der Waals surface area contributed by atoms with Crippen LogP contribution in [0.1, 0.15) is 37.7 Å². The second-order valence-electron chi connectivity index (χ2n) is 6.68. The summed E-state index contributed by atoms with van der Waals surface area (Å²) in [5.41, 5.74) is 1.06. The molecule has 0 radical (unpaired) electrons. The summed E-state index contributed by atoms with van der Waals surface area (Å²) in [6, 6.07) is 9.38. The van der Waals surface area contributed by atoms with E-state index in [0.717, 1.165) is 50.9 Å². The van der Waals surface area contributed by atoms with Crippen LogP contribution in [-0.4, -0.2) is 48.6 Å². The van der Waals surface area contributed by atoms with Gasteiger partial charge >= 0.3 is 0 Å². The van der Waals surface area contributed by atoms with Crippen molar-refractivity contribution in [2.75, 3.05) is 19.7 Å². The quantitative estimate of drug-likeness (QED) is 0.867. The Morgan fingerprint density at radius 2 is 1.92 bits per heavy atom. The molecule has 3 rings (SSSR count). The molecular weight excluding hydrogens is 304 g/mol. The molecule has 2 aliphatic rings. The van der Waals surface area contributed by atoms with Crippen LogP contribution in [0.5, 0.6) is 0 Å². The van der Waals surface area contributed by atoms with E-state index in [1.54, 1.807) is 0 Å². The summed E-state index contributed by atoms with van der Waals surface area (Å²) in [7, 11) is 0. The van der Waals surface area contributed by atoms with E-state index in [4.69, 9.17) is 4.74 Å². The van der Waals surface area contributed by atoms with E-state index in [9.17, 15) is 9.59 Å². The van der Waals surface area contributed by atoms with Crippen LogP contribution in [0.3, 0.4) is 0 Å². The first-order valence-corrected chi connectivity index (χ1v) is 8.96. The SMILES string of the molecule is O=C(C[C@@H]1CCCO1)N[C@H](Cc1ccccc1)C(=O)N1CCCC1. The van der Waals surface area contributed by atoms with Gasteiger partial charge < -0.3 is 15.0 Å². The summed E-state index contributed by atoms with van der Waals surface area (Å²) < 4.78 is 5.53. The molecule has 2 saturated heterocycles. The van der Waals surface area contributed by atoms with Gasteiger partial charge in [0.05, 0.1) is 12.5 Å². The van der Waals surface area contributed by atoms with Gasteiger partial charge in [-0.25, -0.2) is 0 Å². The Kier molecular flexibility index (Phi) is 5.86. The smallest absolute Gasteiger partial charge is 0.245 e. The van der Waals surface area contributed by atoms with Crippen LogP contribution < -0.4 is 5.32 Å². The highest BCUT2D eigenvalue weighted by Gasteiger charge is 2.29. The van der Waals surface area contributed by atoms with Crippen molar-refractivity contribution in [1.82, 2.24) is 10.2 Å². The minimum absolute atomic E-state index is 0.00395. The minimum Gasteiger partial charge on any atom is -0.378 e. The lowest BCUT2D eigenvalue weighted by Gasteiger charge is -2.24. The second-order valence-corrected chi connectivity index (χ2v) is 6.68. The minimum atomic E-state index is -0.487. The Morgan fingerprint density at radius 1 is 1.17 bits per heavy atom. The zero-order valence-corrected chi connectivity index (χ0v) is 14.1. The van der Waals surface area contributed by atoms with Gasteiger partial charge in [-0.3, -0.25) is 9.59 Å². The summed E-state index contributed by atoms with van der Waals surface area (Å²) in [4.78, 5) is 27.0. The van der Waals surface area contributed by atoms with E-state index in [-0.39, 0.29) is 17.9 Å². The molecule has 0 saturated carbocycles. The number of hydrogen-bond acceptors (Lipinski definition) is 3. The van der Waals surface area contributed by atoms with E-state index >= 15 is 0 Å². The van der Waals surface area contributed by atoms with Crippen LogP contribution >= 0.6 is 0 Å². The van der Waals surface area contributed by atoms with Crippen molar-refractivity contribution >= 4 is 11.8 Å². The standard InChI is InChI=1S/C19H26N2O3/c22-18(14-16-9-6-12-24-16)20-17(13-15-7-2-1-3-8-15)19(23)21-10-4-5-11-21/h1-3,7-8,16-17H,4-6,9-14H2,(H,20,22)/t16-,17+/m0/s1. The van der Waals surface area contributed by atoms with Crippen LogP contribution in [0.25, 0.3) is 0 Å². The molecule has 2 amide bonds. The average Bonchev–Trinajstić information content (AvgIpc) is 3.28. The van der Waals surface area contributed by atoms with Crippen LogP contribution in [0.15, 0.2) is 30.3 Å². The number of carbonyl (C=O) groups excluding carboxylic acids is 2. The van der Waals surface area contributed by atoms with Crippen molar-refractivity contribution in [1.29, 1.82) is 0 Å². The first kappa shape index (κ1) is 17.0. The first-order chi connectivity index (χ1) is 11.7. The van der Waals surface area contributed by atoms with Gasteiger partial charge in [0.15, 0.2) is 0 Å². The number of nitrogens with one attached hydrogen (secondary N) is 1. The number of likely N-dealkylation sites (tertiary alicyclic amines) is 1. The normalized spacial score (nSPS) is 21.7. The molecule has 5 heteroatoms. The van der Waals surface area contributed by atoms with E-state index in [2.05, 4.69) is 5.32 Å². The Hall–Kier alpha value is -1.88. The summed E-state index contributed by atoms with van der Waals surface area (Å²) >= 11 is 0. The highest BCUT2D eigenvalue weighted by Crippen LogP contribution is 2.16. The van der Waals surface area contributed by atoms with Crippen molar-refractivity contribution in [2.24, 2.45) is 0 Å². The topological polar surface area (TPSA) is 58.6 Å². The number of nitrogens with zero attached hydrogens (tertiary/aromatic N) is 1. The van der Waals surface area contributed by atoms with Gasteiger partial charge in [0, 0.05) is 26.1 Å². The Balaban J connectivity index is 1.63. The van der Waals surface area contributed by atoms with Crippen molar-refractivity contribution in [2.45, 2.75) is 50.7 Å². The maximum Gasteiger partial charge on any atom is 0.245 e. The van der Waals surface area contributed by atoms with Crippen molar-refractivity contribution in [3.8, 4) is 0 Å². The number of hydrogen-bond donors (Lipinski definition) is 1. The third kappa shape index (κ3) is 4.57. The molecule has 1 aromatic rings. The molecule has 0 aliphatic carbocycles. The van der Waals surface area contributed by atoms with Crippen molar-refractivity contribution < 1.29 is 14.3 Å².